The molecule has 0 aromatic heterocycles. The topological polar surface area (TPSA) is 98.7 Å². The van der Waals surface area contributed by atoms with Gasteiger partial charge in [-0.05, 0) is 74.2 Å². The predicted molar refractivity (Wildman–Crippen MR) is 129 cm³/mol. The number of phenols is 1. The van der Waals surface area contributed by atoms with Gasteiger partial charge in [-0.15, -0.1) is 0 Å². The van der Waals surface area contributed by atoms with E-state index in [-0.39, 0.29) is 122 Å². The second kappa shape index (κ2) is 26.6. The van der Waals surface area contributed by atoms with Gasteiger partial charge in [0.25, 0.3) is 6.47 Å². The molecule has 2 aromatic rings. The molecule has 1 aliphatic rings. The third-order valence-corrected chi connectivity index (χ3v) is 5.57. The molecule has 1 fully saturated rings. The van der Waals surface area contributed by atoms with Crippen LogP contribution in [0.2, 0.25) is 0 Å². The maximum Gasteiger partial charge on any atom is 1.00 e. The van der Waals surface area contributed by atoms with Crippen molar-refractivity contribution in [2.45, 2.75) is 37.3 Å². The van der Waals surface area contributed by atoms with Crippen molar-refractivity contribution >= 4 is 44.1 Å². The van der Waals surface area contributed by atoms with E-state index in [4.69, 9.17) is 15.2 Å². The van der Waals surface area contributed by atoms with Crippen LogP contribution in [0.15, 0.2) is 48.5 Å². The monoisotopic (exact) mass is 637 g/mol. The SMILES string of the molecule is BrCc1ccc(CBr)cc1.CC(=O)c1ccc(O)cc1.CC1CCNCC1.O=CO[O-].[H-].[K+].[K+]. The van der Waals surface area contributed by atoms with E-state index in [9.17, 15) is 4.79 Å². The maximum atomic E-state index is 10.7. The summed E-state index contributed by atoms with van der Waals surface area (Å²) in [5, 5.41) is 22.5. The molecule has 33 heavy (non-hydrogen) atoms. The number of halogens is 2. The number of phenolic OH excluding ortho intramolecular Hbond substituents is 1. The number of nitrogens with one attached hydrogen (secondary N) is 1. The fourth-order valence-corrected chi connectivity index (χ4v) is 3.13. The van der Waals surface area contributed by atoms with E-state index in [1.807, 2.05) is 0 Å². The molecule has 0 radical (unpaired) electrons. The molecule has 2 N–H and O–H groups in total. The van der Waals surface area contributed by atoms with Crippen LogP contribution < -0.4 is 113 Å². The summed E-state index contributed by atoms with van der Waals surface area (Å²) in [6, 6.07) is 14.7. The van der Waals surface area contributed by atoms with Gasteiger partial charge in [0, 0.05) is 16.2 Å². The summed E-state index contributed by atoms with van der Waals surface area (Å²) in [5.41, 5.74) is 3.27. The fraction of sp³-hybridized carbons (Fsp3) is 0.391. The van der Waals surface area contributed by atoms with E-state index in [2.05, 4.69) is 73.3 Å². The third kappa shape index (κ3) is 22.5. The van der Waals surface area contributed by atoms with Gasteiger partial charge in [0.15, 0.2) is 5.78 Å². The van der Waals surface area contributed by atoms with Gasteiger partial charge < -0.3 is 22.0 Å². The minimum Gasteiger partial charge on any atom is -1.00 e. The number of rotatable bonds is 4. The summed E-state index contributed by atoms with van der Waals surface area (Å²) in [6.45, 7) is 6.11. The normalized spacial score (nSPS) is 11.8. The second-order valence-electron chi connectivity index (χ2n) is 6.81. The molecule has 0 bridgehead atoms. The molecule has 0 spiro atoms. The van der Waals surface area contributed by atoms with Crippen LogP contribution in [-0.2, 0) is 20.3 Å². The second-order valence-corrected chi connectivity index (χ2v) is 7.93. The Morgan fingerprint density at radius 3 is 1.70 bits per heavy atom. The van der Waals surface area contributed by atoms with E-state index in [1.165, 1.54) is 56.1 Å². The van der Waals surface area contributed by atoms with Crippen LogP contribution in [0.3, 0.4) is 0 Å². The zero-order valence-corrected chi connectivity index (χ0v) is 29.3. The first-order chi connectivity index (χ1) is 14.9. The maximum absolute atomic E-state index is 10.7. The van der Waals surface area contributed by atoms with Crippen molar-refractivity contribution in [1.29, 1.82) is 0 Å². The van der Waals surface area contributed by atoms with Crippen LogP contribution in [0.1, 0.15) is 49.6 Å². The Bertz CT molecular complexity index is 712. The van der Waals surface area contributed by atoms with Gasteiger partial charge in [-0.3, -0.25) is 9.59 Å². The molecule has 0 atom stereocenters. The summed E-state index contributed by atoms with van der Waals surface area (Å²) >= 11 is 6.78. The molecule has 0 amide bonds. The van der Waals surface area contributed by atoms with Gasteiger partial charge in [-0.25, -0.2) is 0 Å². The molecule has 2 aromatic carbocycles. The average Bonchev–Trinajstić information content (AvgIpc) is 2.81. The smallest absolute Gasteiger partial charge is 1.00 e. The number of alkyl halides is 2. The molecule has 10 heteroatoms. The molecule has 1 aliphatic heterocycles. The first-order valence-electron chi connectivity index (χ1n) is 9.80. The summed E-state index contributed by atoms with van der Waals surface area (Å²) < 4.78 is 0. The van der Waals surface area contributed by atoms with Crippen LogP contribution in [-0.4, -0.2) is 30.5 Å². The van der Waals surface area contributed by atoms with Crippen molar-refractivity contribution in [3.63, 3.8) is 0 Å². The van der Waals surface area contributed by atoms with Crippen LogP contribution in [0.25, 0.3) is 0 Å². The van der Waals surface area contributed by atoms with Crippen LogP contribution in [0.4, 0.5) is 0 Å². The van der Waals surface area contributed by atoms with Crippen molar-refractivity contribution < 1.29 is 129 Å². The van der Waals surface area contributed by atoms with Crippen molar-refractivity contribution in [1.82, 2.24) is 5.32 Å². The van der Waals surface area contributed by atoms with E-state index in [0.29, 0.717) is 5.56 Å². The molecule has 0 aliphatic carbocycles. The number of hydrogen-bond acceptors (Lipinski definition) is 6. The molecule has 1 heterocycles. The van der Waals surface area contributed by atoms with Gasteiger partial charge in [0.1, 0.15) is 5.75 Å². The first-order valence-corrected chi connectivity index (χ1v) is 12.0. The van der Waals surface area contributed by atoms with Crippen LogP contribution in [0, 0.1) is 5.92 Å². The first kappa shape index (κ1) is 39.1. The number of carbonyl (C=O) groups is 2. The predicted octanol–water partition coefficient (Wildman–Crippen LogP) is -1.37. The molecule has 1 saturated heterocycles. The quantitative estimate of drug-likeness (QED) is 0.107. The van der Waals surface area contributed by atoms with Crippen molar-refractivity contribution in [2.75, 3.05) is 13.1 Å². The van der Waals surface area contributed by atoms with Crippen molar-refractivity contribution in [3.05, 3.63) is 65.2 Å². The zero-order valence-electron chi connectivity index (χ0n) is 20.9. The summed E-state index contributed by atoms with van der Waals surface area (Å²) in [6.07, 6.45) is 2.75. The van der Waals surface area contributed by atoms with Gasteiger partial charge in [-0.1, -0.05) is 63.0 Å². The Kier molecular flexibility index (Phi) is 31.5. The molecule has 3 rings (SSSR count). The fourth-order valence-electron chi connectivity index (χ4n) is 2.38. The summed E-state index contributed by atoms with van der Waals surface area (Å²) in [4.78, 5) is 21.9. The molecule has 0 unspecified atom stereocenters. The van der Waals surface area contributed by atoms with Crippen LogP contribution >= 0.6 is 31.9 Å². The van der Waals surface area contributed by atoms with E-state index >= 15 is 0 Å². The Labute approximate surface area is 300 Å². The molecular weight excluding hydrogens is 608 g/mol. The number of hydrogen-bond donors (Lipinski definition) is 2. The van der Waals surface area contributed by atoms with Gasteiger partial charge in [0.05, 0.1) is 0 Å². The largest absolute Gasteiger partial charge is 1.00 e. The number of piperidine rings is 1. The molecular formula is C23H31Br2K2NO5. The standard InChI is InChI=1S/C8H8Br2.C8H8O2.C6H13N.CH2O3.2K.H/c9-5-7-1-2-8(6-10)4-3-7;1-6(9)7-2-4-8(10)5-3-7;1-6-2-4-7-5-3-6;2-1-4-3;;;/h1-4H,5-6H2;2-5,10H,1H3;6-7H,2-5H2,1H3;1,3H;;;/q;;;;2*+1;-1/p-1. The Morgan fingerprint density at radius 2 is 1.45 bits per heavy atom. The number of carbonyl (C=O) groups excluding carboxylic acids is 2. The summed E-state index contributed by atoms with van der Waals surface area (Å²) in [7, 11) is 0. The van der Waals surface area contributed by atoms with Gasteiger partial charge in [-0.2, -0.15) is 0 Å². The molecule has 6 nitrogen and oxygen atoms in total. The van der Waals surface area contributed by atoms with Crippen LogP contribution in [0.5, 0.6) is 5.75 Å². The number of benzene rings is 2. The van der Waals surface area contributed by atoms with Gasteiger partial charge >= 0.3 is 103 Å². The zero-order chi connectivity index (χ0) is 23.5. The third-order valence-electron chi connectivity index (χ3n) is 4.27. The van der Waals surface area contributed by atoms with E-state index in [1.54, 1.807) is 12.1 Å². The van der Waals surface area contributed by atoms with Crippen molar-refractivity contribution in [3.8, 4) is 5.75 Å². The van der Waals surface area contributed by atoms with Crippen molar-refractivity contribution in [2.24, 2.45) is 5.92 Å². The number of aromatic hydroxyl groups is 1. The Morgan fingerprint density at radius 1 is 1.06 bits per heavy atom. The van der Waals surface area contributed by atoms with E-state index in [0.717, 1.165) is 16.6 Å². The minimum absolute atomic E-state index is 0. The molecule has 0 saturated carbocycles. The number of ketones is 1. The van der Waals surface area contributed by atoms with Gasteiger partial charge in [0.2, 0.25) is 0 Å². The molecule has 174 valence electrons. The Hall–Kier alpha value is 1.53. The summed E-state index contributed by atoms with van der Waals surface area (Å²) in [5.74, 6) is 1.17. The number of Topliss-reactive ketones (excluding diaryl/α,β-unsaturated/α-hetero) is 1. The Balaban J connectivity index is -0.000000179. The van der Waals surface area contributed by atoms with E-state index < -0.39 is 0 Å². The average molecular weight is 640 g/mol. The minimum atomic E-state index is -0.181.